The molecule has 1 aromatic carbocycles. The summed E-state index contributed by atoms with van der Waals surface area (Å²) in [5, 5.41) is 11.3. The van der Waals surface area contributed by atoms with Crippen molar-refractivity contribution in [2.24, 2.45) is 0 Å². The maximum absolute atomic E-state index is 12.5. The second-order valence-electron chi connectivity index (χ2n) is 9.12. The van der Waals surface area contributed by atoms with Crippen molar-refractivity contribution in [2.75, 3.05) is 0 Å². The number of benzene rings is 1. The van der Waals surface area contributed by atoms with Crippen molar-refractivity contribution >= 4 is 17.4 Å². The number of aromatic hydroxyl groups is 1. The Balaban J connectivity index is 2.34. The molecule has 0 fully saturated rings. The molecular formula is C22H30ClNO2. The molecule has 142 valence electrons. The van der Waals surface area contributed by atoms with Crippen LogP contribution in [0.2, 0.25) is 5.02 Å². The van der Waals surface area contributed by atoms with Gasteiger partial charge >= 0.3 is 0 Å². The molecule has 0 aliphatic carbocycles. The van der Waals surface area contributed by atoms with E-state index in [4.69, 9.17) is 11.6 Å². The van der Waals surface area contributed by atoms with Crippen LogP contribution in [0.25, 0.3) is 0 Å². The van der Waals surface area contributed by atoms with Crippen molar-refractivity contribution in [1.29, 1.82) is 0 Å². The third kappa shape index (κ3) is 4.32. The van der Waals surface area contributed by atoms with Crippen molar-refractivity contribution < 1.29 is 9.90 Å². The second-order valence-corrected chi connectivity index (χ2v) is 9.50. The summed E-state index contributed by atoms with van der Waals surface area (Å²) < 4.78 is 0. The van der Waals surface area contributed by atoms with Gasteiger partial charge in [-0.1, -0.05) is 65.3 Å². The number of H-pyrrole nitrogens is 1. The standard InChI is InChI=1S/C22H30ClNO2/c1-13-12-24-19(18(13)23)17(25)9-8-14-10-15(21(2,3)4)20(26)16(11-14)22(5,6)7/h10-12,24,26H,8-9H2,1-7H3. The largest absolute Gasteiger partial charge is 0.507 e. The third-order valence-corrected chi connectivity index (χ3v) is 5.19. The number of aromatic nitrogens is 1. The van der Waals surface area contributed by atoms with Crippen LogP contribution in [0.15, 0.2) is 18.3 Å². The number of phenolic OH excluding ortho intramolecular Hbond substituents is 1. The van der Waals surface area contributed by atoms with Gasteiger partial charge in [0, 0.05) is 12.6 Å². The minimum atomic E-state index is -0.177. The minimum absolute atomic E-state index is 0.00536. The lowest BCUT2D eigenvalue weighted by Gasteiger charge is -2.28. The molecule has 2 rings (SSSR count). The lowest BCUT2D eigenvalue weighted by atomic mass is 9.78. The second kappa shape index (κ2) is 7.11. The van der Waals surface area contributed by atoms with Gasteiger partial charge in [-0.25, -0.2) is 0 Å². The molecule has 0 bridgehead atoms. The molecule has 1 aromatic heterocycles. The van der Waals surface area contributed by atoms with Crippen LogP contribution >= 0.6 is 11.6 Å². The van der Waals surface area contributed by atoms with E-state index in [-0.39, 0.29) is 16.6 Å². The molecule has 0 unspecified atom stereocenters. The predicted molar refractivity (Wildman–Crippen MR) is 109 cm³/mol. The van der Waals surface area contributed by atoms with E-state index < -0.39 is 0 Å². The Morgan fingerprint density at radius 1 is 1.08 bits per heavy atom. The van der Waals surface area contributed by atoms with Crippen molar-refractivity contribution in [3.8, 4) is 5.75 Å². The van der Waals surface area contributed by atoms with E-state index >= 15 is 0 Å². The quantitative estimate of drug-likeness (QED) is 0.635. The number of nitrogens with one attached hydrogen (secondary N) is 1. The Morgan fingerprint density at radius 3 is 1.96 bits per heavy atom. The SMILES string of the molecule is Cc1c[nH]c(C(=O)CCc2cc(C(C)(C)C)c(O)c(C(C)(C)C)c2)c1Cl. The average Bonchev–Trinajstić information content (AvgIpc) is 2.83. The van der Waals surface area contributed by atoms with Gasteiger partial charge in [0.15, 0.2) is 5.78 Å². The maximum Gasteiger partial charge on any atom is 0.180 e. The number of hydrogen-bond acceptors (Lipinski definition) is 2. The minimum Gasteiger partial charge on any atom is -0.507 e. The summed E-state index contributed by atoms with van der Waals surface area (Å²) in [5.41, 5.74) is 3.90. The molecule has 1 heterocycles. The highest BCUT2D eigenvalue weighted by molar-refractivity contribution is 6.34. The van der Waals surface area contributed by atoms with Gasteiger partial charge in [0.1, 0.15) is 11.4 Å². The average molecular weight is 376 g/mol. The number of carbonyl (C=O) groups is 1. The van der Waals surface area contributed by atoms with Crippen LogP contribution in [-0.4, -0.2) is 15.9 Å². The van der Waals surface area contributed by atoms with Gasteiger partial charge < -0.3 is 10.1 Å². The van der Waals surface area contributed by atoms with E-state index in [1.54, 1.807) is 6.20 Å². The molecule has 3 nitrogen and oxygen atoms in total. The molecule has 0 aliphatic heterocycles. The van der Waals surface area contributed by atoms with Crippen LogP contribution in [-0.2, 0) is 17.3 Å². The summed E-state index contributed by atoms with van der Waals surface area (Å²) in [6.45, 7) is 14.4. The molecule has 0 aliphatic rings. The first kappa shape index (κ1) is 20.6. The first-order chi connectivity index (χ1) is 11.8. The van der Waals surface area contributed by atoms with Gasteiger partial charge in [0.2, 0.25) is 0 Å². The highest BCUT2D eigenvalue weighted by Crippen LogP contribution is 2.40. The zero-order valence-electron chi connectivity index (χ0n) is 16.9. The Hall–Kier alpha value is -1.74. The number of carbonyl (C=O) groups excluding carboxylic acids is 1. The fraction of sp³-hybridized carbons (Fsp3) is 0.500. The predicted octanol–water partition coefficient (Wildman–Crippen LogP) is 6.09. The van der Waals surface area contributed by atoms with Gasteiger partial charge in [-0.15, -0.1) is 0 Å². The zero-order chi connectivity index (χ0) is 19.9. The molecule has 0 amide bonds. The molecule has 0 radical (unpaired) electrons. The summed E-state index contributed by atoms with van der Waals surface area (Å²) in [6.07, 6.45) is 2.74. The molecule has 0 spiro atoms. The van der Waals surface area contributed by atoms with Crippen molar-refractivity contribution in [3.63, 3.8) is 0 Å². The van der Waals surface area contributed by atoms with Crippen LogP contribution in [0, 0.1) is 6.92 Å². The maximum atomic E-state index is 12.5. The van der Waals surface area contributed by atoms with E-state index in [1.165, 1.54) is 0 Å². The third-order valence-electron chi connectivity index (χ3n) is 4.70. The number of rotatable bonds is 4. The fourth-order valence-corrected chi connectivity index (χ4v) is 3.29. The summed E-state index contributed by atoms with van der Waals surface area (Å²) in [7, 11) is 0. The van der Waals surface area contributed by atoms with E-state index in [0.717, 1.165) is 22.3 Å². The van der Waals surface area contributed by atoms with Crippen molar-refractivity contribution in [2.45, 2.75) is 72.1 Å². The number of phenols is 1. The van der Waals surface area contributed by atoms with Crippen LogP contribution in [0.1, 0.15) is 80.7 Å². The normalized spacial score (nSPS) is 12.5. The van der Waals surface area contributed by atoms with E-state index in [9.17, 15) is 9.90 Å². The van der Waals surface area contributed by atoms with E-state index in [1.807, 2.05) is 19.1 Å². The molecule has 2 N–H and O–H groups in total. The molecular weight excluding hydrogens is 346 g/mol. The highest BCUT2D eigenvalue weighted by atomic mass is 35.5. The van der Waals surface area contributed by atoms with Gasteiger partial charge in [-0.05, 0) is 46.4 Å². The van der Waals surface area contributed by atoms with Gasteiger partial charge in [-0.3, -0.25) is 4.79 Å². The molecule has 0 saturated carbocycles. The summed E-state index contributed by atoms with van der Waals surface area (Å²) in [5.74, 6) is 0.369. The van der Waals surface area contributed by atoms with Crippen LogP contribution in [0.5, 0.6) is 5.75 Å². The monoisotopic (exact) mass is 375 g/mol. The summed E-state index contributed by atoms with van der Waals surface area (Å²) in [6, 6.07) is 4.05. The number of halogens is 1. The van der Waals surface area contributed by atoms with E-state index in [2.05, 4.69) is 46.5 Å². The lowest BCUT2D eigenvalue weighted by molar-refractivity contribution is 0.0978. The molecule has 26 heavy (non-hydrogen) atoms. The number of ketones is 1. The van der Waals surface area contributed by atoms with Crippen LogP contribution in [0.4, 0.5) is 0 Å². The van der Waals surface area contributed by atoms with Crippen molar-refractivity contribution in [3.05, 3.63) is 51.3 Å². The van der Waals surface area contributed by atoms with Crippen LogP contribution < -0.4 is 0 Å². The van der Waals surface area contributed by atoms with E-state index in [0.29, 0.717) is 29.3 Å². The topological polar surface area (TPSA) is 53.1 Å². The summed E-state index contributed by atoms with van der Waals surface area (Å²) in [4.78, 5) is 15.5. The Morgan fingerprint density at radius 2 is 1.58 bits per heavy atom. The molecule has 2 aromatic rings. The number of Topliss-reactive ketones (excluding diaryl/α,β-unsaturated/α-hetero) is 1. The fourth-order valence-electron chi connectivity index (χ4n) is 3.07. The first-order valence-corrected chi connectivity index (χ1v) is 9.43. The number of hydrogen-bond donors (Lipinski definition) is 2. The van der Waals surface area contributed by atoms with Gasteiger partial charge in [-0.2, -0.15) is 0 Å². The molecule has 4 heteroatoms. The lowest BCUT2D eigenvalue weighted by Crippen LogP contribution is -2.18. The summed E-state index contributed by atoms with van der Waals surface area (Å²) >= 11 is 6.19. The highest BCUT2D eigenvalue weighted by Gasteiger charge is 2.26. The van der Waals surface area contributed by atoms with Crippen molar-refractivity contribution in [1.82, 2.24) is 4.98 Å². The Bertz CT molecular complexity index is 785. The molecule has 0 atom stereocenters. The smallest absolute Gasteiger partial charge is 0.180 e. The first-order valence-electron chi connectivity index (χ1n) is 9.06. The number of aromatic amines is 1. The molecule has 0 saturated heterocycles. The zero-order valence-corrected chi connectivity index (χ0v) is 17.6. The number of aryl methyl sites for hydroxylation is 2. The van der Waals surface area contributed by atoms with Gasteiger partial charge in [0.05, 0.1) is 5.02 Å². The van der Waals surface area contributed by atoms with Crippen LogP contribution in [0.3, 0.4) is 0 Å². The Kier molecular flexibility index (Phi) is 5.63. The van der Waals surface area contributed by atoms with Gasteiger partial charge in [0.25, 0.3) is 0 Å². The Labute approximate surface area is 161 Å².